The van der Waals surface area contributed by atoms with Crippen molar-refractivity contribution in [2.75, 3.05) is 0 Å². The normalized spacial score (nSPS) is 11.8. The molecule has 23 heavy (non-hydrogen) atoms. The molecular weight excluding hydrogens is 326 g/mol. The van der Waals surface area contributed by atoms with Gasteiger partial charge in [-0.1, -0.05) is 47.4 Å². The van der Waals surface area contributed by atoms with Gasteiger partial charge in [0.25, 0.3) is 0 Å². The molecule has 0 unspecified atom stereocenters. The average molecular weight is 337 g/mol. The molecule has 0 bridgehead atoms. The number of fused-ring (bicyclic) bond motifs is 4. The van der Waals surface area contributed by atoms with E-state index in [-0.39, 0.29) is 0 Å². The maximum Gasteiger partial charge on any atom is 0.217 e. The van der Waals surface area contributed by atoms with Crippen LogP contribution in [0.5, 0.6) is 0 Å². The van der Waals surface area contributed by atoms with Gasteiger partial charge in [0.1, 0.15) is 5.82 Å². The lowest BCUT2D eigenvalue weighted by Crippen LogP contribution is -1.88. The Kier molecular flexibility index (Phi) is 2.89. The van der Waals surface area contributed by atoms with Crippen LogP contribution in [0.2, 0.25) is 0 Å². The van der Waals surface area contributed by atoms with Gasteiger partial charge in [-0.05, 0) is 24.3 Å². The summed E-state index contributed by atoms with van der Waals surface area (Å²) < 4.78 is 3.34. The first-order valence-corrected chi connectivity index (χ1v) is 8.98. The van der Waals surface area contributed by atoms with Crippen LogP contribution in [-0.2, 0) is 5.75 Å². The first kappa shape index (κ1) is 13.1. The van der Waals surface area contributed by atoms with Crippen molar-refractivity contribution in [2.24, 2.45) is 0 Å². The molecule has 5 rings (SSSR count). The highest BCUT2D eigenvalue weighted by Crippen LogP contribution is 2.30. The monoisotopic (exact) mass is 337 g/mol. The maximum atomic E-state index is 4.61. The molecule has 0 radical (unpaired) electrons. The molecule has 3 heterocycles. The van der Waals surface area contributed by atoms with E-state index >= 15 is 0 Å². The van der Waals surface area contributed by atoms with Gasteiger partial charge < -0.3 is 4.98 Å². The molecule has 3 aromatic heterocycles. The number of nitrogens with one attached hydrogen (secondary N) is 1. The molecule has 0 amide bonds. The van der Waals surface area contributed by atoms with Crippen LogP contribution in [0, 0.1) is 0 Å². The van der Waals surface area contributed by atoms with Crippen molar-refractivity contribution in [2.45, 2.75) is 10.9 Å². The number of H-pyrrole nitrogens is 1. The van der Waals surface area contributed by atoms with E-state index in [1.165, 1.54) is 4.70 Å². The van der Waals surface area contributed by atoms with E-state index < -0.39 is 0 Å². The Balaban J connectivity index is 1.51. The molecule has 5 nitrogen and oxygen atoms in total. The minimum absolute atomic E-state index is 0.736. The van der Waals surface area contributed by atoms with Crippen LogP contribution in [0.3, 0.4) is 0 Å². The SMILES string of the molecule is c1ccc2[nH]c(CSc3nnc4sc5ccccc5n34)nc2c1. The number of imidazole rings is 1. The molecule has 7 heteroatoms. The number of aromatic amines is 1. The van der Waals surface area contributed by atoms with Gasteiger partial charge in [-0.2, -0.15) is 0 Å². The molecule has 2 aromatic carbocycles. The number of hydrogen-bond acceptors (Lipinski definition) is 5. The number of benzene rings is 2. The molecular formula is C16H11N5S2. The molecule has 0 fully saturated rings. The topological polar surface area (TPSA) is 58.9 Å². The number of aromatic nitrogens is 5. The summed E-state index contributed by atoms with van der Waals surface area (Å²) >= 11 is 3.31. The first-order chi connectivity index (χ1) is 11.4. The van der Waals surface area contributed by atoms with Crippen LogP contribution in [-0.4, -0.2) is 24.6 Å². The lowest BCUT2D eigenvalue weighted by Gasteiger charge is -1.97. The molecule has 0 aliphatic carbocycles. The van der Waals surface area contributed by atoms with Crippen LogP contribution in [0.25, 0.3) is 26.2 Å². The van der Waals surface area contributed by atoms with Gasteiger partial charge in [0.2, 0.25) is 4.96 Å². The van der Waals surface area contributed by atoms with E-state index in [9.17, 15) is 0 Å². The number of rotatable bonds is 3. The summed E-state index contributed by atoms with van der Waals surface area (Å²) in [7, 11) is 0. The number of nitrogens with zero attached hydrogens (tertiary/aromatic N) is 4. The summed E-state index contributed by atoms with van der Waals surface area (Å²) in [6.45, 7) is 0. The summed E-state index contributed by atoms with van der Waals surface area (Å²) in [5, 5.41) is 9.51. The van der Waals surface area contributed by atoms with E-state index in [1.807, 2.05) is 36.4 Å². The smallest absolute Gasteiger partial charge is 0.217 e. The second-order valence-electron chi connectivity index (χ2n) is 5.16. The highest BCUT2D eigenvalue weighted by atomic mass is 32.2. The number of thioether (sulfide) groups is 1. The molecule has 0 atom stereocenters. The predicted octanol–water partition coefficient (Wildman–Crippen LogP) is 4.11. The van der Waals surface area contributed by atoms with Crippen molar-refractivity contribution in [3.63, 3.8) is 0 Å². The Hall–Kier alpha value is -2.38. The predicted molar refractivity (Wildman–Crippen MR) is 94.0 cm³/mol. The van der Waals surface area contributed by atoms with Crippen molar-refractivity contribution in [1.29, 1.82) is 0 Å². The highest BCUT2D eigenvalue weighted by molar-refractivity contribution is 7.98. The Morgan fingerprint density at radius 2 is 1.91 bits per heavy atom. The number of thiazole rings is 1. The Labute approximate surface area is 139 Å². The molecule has 0 aliphatic rings. The lowest BCUT2D eigenvalue weighted by molar-refractivity contribution is 0.938. The third-order valence-electron chi connectivity index (χ3n) is 3.69. The zero-order valence-corrected chi connectivity index (χ0v) is 13.6. The quantitative estimate of drug-likeness (QED) is 0.503. The summed E-state index contributed by atoms with van der Waals surface area (Å²) in [4.78, 5) is 8.89. The molecule has 1 N–H and O–H groups in total. The van der Waals surface area contributed by atoms with Gasteiger partial charge in [0.15, 0.2) is 5.16 Å². The molecule has 5 aromatic rings. The van der Waals surface area contributed by atoms with Gasteiger partial charge in [-0.15, -0.1) is 10.2 Å². The van der Waals surface area contributed by atoms with Crippen LogP contribution in [0.15, 0.2) is 53.7 Å². The summed E-state index contributed by atoms with van der Waals surface area (Å²) in [6.07, 6.45) is 0. The van der Waals surface area contributed by atoms with Crippen molar-refractivity contribution in [3.8, 4) is 0 Å². The summed E-state index contributed by atoms with van der Waals surface area (Å²) in [5.41, 5.74) is 3.22. The lowest BCUT2D eigenvalue weighted by atomic mass is 10.3. The molecule has 112 valence electrons. The number of para-hydroxylation sites is 3. The van der Waals surface area contributed by atoms with E-state index in [1.54, 1.807) is 23.1 Å². The maximum absolute atomic E-state index is 4.61. The number of hydrogen-bond donors (Lipinski definition) is 1. The van der Waals surface area contributed by atoms with E-state index in [0.29, 0.717) is 0 Å². The largest absolute Gasteiger partial charge is 0.341 e. The van der Waals surface area contributed by atoms with Crippen LogP contribution < -0.4 is 0 Å². The Bertz CT molecular complexity index is 1100. The summed E-state index contributed by atoms with van der Waals surface area (Å²) in [6, 6.07) is 16.4. The van der Waals surface area contributed by atoms with Gasteiger partial charge in [0, 0.05) is 0 Å². The van der Waals surface area contributed by atoms with Gasteiger partial charge in [-0.25, -0.2) is 4.98 Å². The fourth-order valence-electron chi connectivity index (χ4n) is 2.66. The van der Waals surface area contributed by atoms with E-state index in [0.717, 1.165) is 38.2 Å². The average Bonchev–Trinajstić information content (AvgIpc) is 3.25. The Morgan fingerprint density at radius 3 is 2.87 bits per heavy atom. The third-order valence-corrected chi connectivity index (χ3v) is 5.64. The van der Waals surface area contributed by atoms with Crippen LogP contribution >= 0.6 is 23.1 Å². The zero-order valence-electron chi connectivity index (χ0n) is 11.9. The zero-order chi connectivity index (χ0) is 15.2. The minimum atomic E-state index is 0.736. The van der Waals surface area contributed by atoms with Crippen molar-refractivity contribution >= 4 is 49.3 Å². The molecule has 0 saturated heterocycles. The minimum Gasteiger partial charge on any atom is -0.341 e. The van der Waals surface area contributed by atoms with Gasteiger partial charge >= 0.3 is 0 Å². The summed E-state index contributed by atoms with van der Waals surface area (Å²) in [5.74, 6) is 1.69. The van der Waals surface area contributed by atoms with Crippen molar-refractivity contribution < 1.29 is 0 Å². The van der Waals surface area contributed by atoms with E-state index in [4.69, 9.17) is 0 Å². The highest BCUT2D eigenvalue weighted by Gasteiger charge is 2.13. The van der Waals surface area contributed by atoms with Crippen molar-refractivity contribution in [3.05, 3.63) is 54.4 Å². The van der Waals surface area contributed by atoms with Crippen LogP contribution in [0.4, 0.5) is 0 Å². The molecule has 0 spiro atoms. The second kappa shape index (κ2) is 5.07. The van der Waals surface area contributed by atoms with Crippen LogP contribution in [0.1, 0.15) is 5.82 Å². The van der Waals surface area contributed by atoms with Gasteiger partial charge in [0.05, 0.1) is 27.0 Å². The fraction of sp³-hybridized carbons (Fsp3) is 0.0625. The van der Waals surface area contributed by atoms with Crippen molar-refractivity contribution in [1.82, 2.24) is 24.6 Å². The second-order valence-corrected chi connectivity index (χ2v) is 7.11. The third kappa shape index (κ3) is 2.12. The molecule has 0 aliphatic heterocycles. The standard InChI is InChI=1S/C16H11N5S2/c1-2-6-11-10(5-1)17-14(18-11)9-22-15-19-20-16-21(15)12-7-3-4-8-13(12)23-16/h1-8H,9H2,(H,17,18). The first-order valence-electron chi connectivity index (χ1n) is 7.17. The molecule has 0 saturated carbocycles. The van der Waals surface area contributed by atoms with Gasteiger partial charge in [-0.3, -0.25) is 4.40 Å². The van der Waals surface area contributed by atoms with E-state index in [2.05, 4.69) is 36.7 Å². The fourth-order valence-corrected chi connectivity index (χ4v) is 4.49. The Morgan fingerprint density at radius 1 is 1.04 bits per heavy atom.